The van der Waals surface area contributed by atoms with Gasteiger partial charge in [0.2, 0.25) is 0 Å². The molecule has 0 atom stereocenters. The van der Waals surface area contributed by atoms with Gasteiger partial charge in [-0.2, -0.15) is 5.10 Å². The van der Waals surface area contributed by atoms with Gasteiger partial charge in [0.05, 0.1) is 16.7 Å². The minimum Gasteiger partial charge on any atom is -0.255 e. The number of hydrogen-bond donors (Lipinski definition) is 0. The van der Waals surface area contributed by atoms with E-state index in [1.54, 1.807) is 0 Å². The molecule has 27 heavy (non-hydrogen) atoms. The molecule has 0 radical (unpaired) electrons. The molecule has 0 aliphatic carbocycles. The molecule has 5 aromatic rings. The Hall–Kier alpha value is -3.17. The highest BCUT2D eigenvalue weighted by molar-refractivity contribution is 6.30. The first-order chi connectivity index (χ1) is 13.2. The topological polar surface area (TPSA) is 30.7 Å². The molecular weight excluding hydrogens is 354 g/mol. The molecule has 0 saturated heterocycles. The van der Waals surface area contributed by atoms with Gasteiger partial charge in [-0.25, -0.2) is 4.68 Å². The minimum absolute atomic E-state index is 0.709. The molecule has 130 valence electrons. The highest BCUT2D eigenvalue weighted by Crippen LogP contribution is 2.33. The monoisotopic (exact) mass is 369 g/mol. The molecule has 3 aromatic carbocycles. The fraction of sp³-hybridized carbons (Fsp3) is 0.0435. The average Bonchev–Trinajstić information content (AvgIpc) is 3.09. The van der Waals surface area contributed by atoms with Gasteiger partial charge in [0, 0.05) is 27.6 Å². The van der Waals surface area contributed by atoms with Gasteiger partial charge in [-0.15, -0.1) is 0 Å². The Balaban J connectivity index is 1.88. The van der Waals surface area contributed by atoms with Crippen LogP contribution in [0.4, 0.5) is 0 Å². The Morgan fingerprint density at radius 3 is 2.33 bits per heavy atom. The van der Waals surface area contributed by atoms with E-state index in [0.717, 1.165) is 38.8 Å². The number of fused-ring (bicyclic) bond motifs is 3. The zero-order valence-electron chi connectivity index (χ0n) is 14.7. The van der Waals surface area contributed by atoms with E-state index in [9.17, 15) is 0 Å². The minimum atomic E-state index is 0.709. The summed E-state index contributed by atoms with van der Waals surface area (Å²) in [6.07, 6.45) is 1.92. The summed E-state index contributed by atoms with van der Waals surface area (Å²) in [5, 5.41) is 7.80. The summed E-state index contributed by atoms with van der Waals surface area (Å²) in [6.45, 7) is 2.09. The van der Waals surface area contributed by atoms with Crippen LogP contribution in [-0.4, -0.2) is 14.8 Å². The van der Waals surface area contributed by atoms with E-state index in [-0.39, 0.29) is 0 Å². The van der Waals surface area contributed by atoms with E-state index >= 15 is 0 Å². The summed E-state index contributed by atoms with van der Waals surface area (Å²) in [6, 6.07) is 24.4. The predicted molar refractivity (Wildman–Crippen MR) is 112 cm³/mol. The molecule has 2 aromatic heterocycles. The number of para-hydroxylation sites is 1. The fourth-order valence-electron chi connectivity index (χ4n) is 3.43. The molecule has 2 heterocycles. The van der Waals surface area contributed by atoms with E-state index in [1.807, 2.05) is 53.3 Å². The number of benzene rings is 3. The molecule has 0 amide bonds. The summed E-state index contributed by atoms with van der Waals surface area (Å²) in [5.74, 6) is 0. The number of hydrogen-bond acceptors (Lipinski definition) is 2. The lowest BCUT2D eigenvalue weighted by Crippen LogP contribution is -1.97. The van der Waals surface area contributed by atoms with E-state index < -0.39 is 0 Å². The molecule has 5 rings (SSSR count). The number of halogens is 1. The zero-order chi connectivity index (χ0) is 18.4. The van der Waals surface area contributed by atoms with Crippen LogP contribution in [0.25, 0.3) is 38.8 Å². The van der Waals surface area contributed by atoms with Gasteiger partial charge in [-0.05, 0) is 37.3 Å². The van der Waals surface area contributed by atoms with Crippen molar-refractivity contribution in [2.24, 2.45) is 0 Å². The van der Waals surface area contributed by atoms with Crippen LogP contribution in [0.1, 0.15) is 5.56 Å². The average molecular weight is 370 g/mol. The van der Waals surface area contributed by atoms with Crippen LogP contribution in [0.3, 0.4) is 0 Å². The smallest absolute Gasteiger partial charge is 0.102 e. The summed E-state index contributed by atoms with van der Waals surface area (Å²) in [5.41, 5.74) is 6.21. The van der Waals surface area contributed by atoms with Gasteiger partial charge in [0.15, 0.2) is 0 Å². The number of aromatic nitrogens is 3. The van der Waals surface area contributed by atoms with Crippen molar-refractivity contribution in [2.45, 2.75) is 6.92 Å². The van der Waals surface area contributed by atoms with Crippen LogP contribution in [0.2, 0.25) is 5.02 Å². The van der Waals surface area contributed by atoms with E-state index in [2.05, 4.69) is 42.2 Å². The number of pyridine rings is 1. The van der Waals surface area contributed by atoms with Crippen molar-refractivity contribution in [1.29, 1.82) is 0 Å². The van der Waals surface area contributed by atoms with Crippen molar-refractivity contribution < 1.29 is 0 Å². The Morgan fingerprint density at radius 1 is 0.815 bits per heavy atom. The van der Waals surface area contributed by atoms with Crippen LogP contribution in [0.15, 0.2) is 79.0 Å². The molecule has 4 heteroatoms. The Labute approximate surface area is 161 Å². The first-order valence-electron chi connectivity index (χ1n) is 8.80. The SMILES string of the molecule is Cc1ccc(-c2nn(-c3ccc(Cl)cc3)c3c2cnc2ccccc23)cc1. The van der Waals surface area contributed by atoms with Gasteiger partial charge in [-0.3, -0.25) is 4.98 Å². The van der Waals surface area contributed by atoms with Gasteiger partial charge in [-0.1, -0.05) is 59.6 Å². The summed E-state index contributed by atoms with van der Waals surface area (Å²) < 4.78 is 1.99. The lowest BCUT2D eigenvalue weighted by atomic mass is 10.1. The first kappa shape index (κ1) is 16.0. The molecule has 3 nitrogen and oxygen atoms in total. The maximum Gasteiger partial charge on any atom is 0.102 e. The zero-order valence-corrected chi connectivity index (χ0v) is 15.5. The largest absolute Gasteiger partial charge is 0.255 e. The molecule has 0 spiro atoms. The van der Waals surface area contributed by atoms with Crippen LogP contribution in [0.5, 0.6) is 0 Å². The third-order valence-corrected chi connectivity index (χ3v) is 5.06. The number of aryl methyl sites for hydroxylation is 1. The predicted octanol–water partition coefficient (Wildman–Crippen LogP) is 6.20. The van der Waals surface area contributed by atoms with E-state index in [4.69, 9.17) is 16.7 Å². The Kier molecular flexibility index (Phi) is 3.69. The van der Waals surface area contributed by atoms with Crippen LogP contribution in [-0.2, 0) is 0 Å². The molecule has 0 bridgehead atoms. The molecule has 0 aliphatic heterocycles. The van der Waals surface area contributed by atoms with Crippen LogP contribution in [0, 0.1) is 6.92 Å². The Morgan fingerprint density at radius 2 is 1.56 bits per heavy atom. The highest BCUT2D eigenvalue weighted by Gasteiger charge is 2.16. The maximum atomic E-state index is 6.09. The van der Waals surface area contributed by atoms with Crippen LogP contribution < -0.4 is 0 Å². The van der Waals surface area contributed by atoms with Crippen molar-refractivity contribution in [3.63, 3.8) is 0 Å². The lowest BCUT2D eigenvalue weighted by Gasteiger charge is -2.06. The molecular formula is C23H16ClN3. The van der Waals surface area contributed by atoms with E-state index in [1.165, 1.54) is 5.56 Å². The van der Waals surface area contributed by atoms with Gasteiger partial charge >= 0.3 is 0 Å². The van der Waals surface area contributed by atoms with Gasteiger partial charge in [0.1, 0.15) is 5.69 Å². The third kappa shape index (κ3) is 2.68. The fourth-order valence-corrected chi connectivity index (χ4v) is 3.55. The molecule has 0 unspecified atom stereocenters. The summed E-state index contributed by atoms with van der Waals surface area (Å²) in [4.78, 5) is 4.66. The quantitative estimate of drug-likeness (QED) is 0.370. The number of rotatable bonds is 2. The first-order valence-corrected chi connectivity index (χ1v) is 9.18. The van der Waals surface area contributed by atoms with Gasteiger partial charge in [0.25, 0.3) is 0 Å². The molecule has 0 saturated carbocycles. The van der Waals surface area contributed by atoms with Crippen molar-refractivity contribution in [1.82, 2.24) is 14.8 Å². The standard InChI is InChI=1S/C23H16ClN3/c1-15-6-8-16(9-7-15)22-20-14-25-21-5-3-2-4-19(21)23(20)27(26-22)18-12-10-17(24)11-13-18/h2-14H,1H3. The third-order valence-electron chi connectivity index (χ3n) is 4.81. The summed E-state index contributed by atoms with van der Waals surface area (Å²) >= 11 is 6.09. The lowest BCUT2D eigenvalue weighted by molar-refractivity contribution is 0.918. The second kappa shape index (κ2) is 6.22. The molecule has 0 fully saturated rings. The van der Waals surface area contributed by atoms with Crippen molar-refractivity contribution >= 4 is 33.4 Å². The molecule has 0 aliphatic rings. The molecule has 0 N–H and O–H groups in total. The second-order valence-electron chi connectivity index (χ2n) is 6.64. The second-order valence-corrected chi connectivity index (χ2v) is 7.08. The van der Waals surface area contributed by atoms with Gasteiger partial charge < -0.3 is 0 Å². The van der Waals surface area contributed by atoms with E-state index in [0.29, 0.717) is 5.02 Å². The Bertz CT molecular complexity index is 1270. The van der Waals surface area contributed by atoms with Crippen LogP contribution >= 0.6 is 11.6 Å². The van der Waals surface area contributed by atoms with Crippen molar-refractivity contribution in [2.75, 3.05) is 0 Å². The number of nitrogens with zero attached hydrogens (tertiary/aromatic N) is 3. The van der Waals surface area contributed by atoms with Crippen molar-refractivity contribution in [3.05, 3.63) is 89.6 Å². The van der Waals surface area contributed by atoms with Crippen molar-refractivity contribution in [3.8, 4) is 16.9 Å². The normalized spacial score (nSPS) is 11.3. The highest BCUT2D eigenvalue weighted by atomic mass is 35.5. The maximum absolute atomic E-state index is 6.09. The summed E-state index contributed by atoms with van der Waals surface area (Å²) in [7, 11) is 0.